The molecule has 2 aromatic carbocycles. The molecule has 0 radical (unpaired) electrons. The molecular formula is C27H29N3O2S2. The van der Waals surface area contributed by atoms with Gasteiger partial charge in [0.15, 0.2) is 0 Å². The van der Waals surface area contributed by atoms with Crippen molar-refractivity contribution in [3.05, 3.63) is 70.8 Å². The highest BCUT2D eigenvalue weighted by Crippen LogP contribution is 2.36. The normalized spacial score (nSPS) is 14.9. The summed E-state index contributed by atoms with van der Waals surface area (Å²) in [5.41, 5.74) is 4.73. The molecule has 0 atom stereocenters. The van der Waals surface area contributed by atoms with E-state index in [0.29, 0.717) is 22.4 Å². The van der Waals surface area contributed by atoms with Crippen molar-refractivity contribution >= 4 is 40.3 Å². The highest BCUT2D eigenvalue weighted by molar-refractivity contribution is 8.26. The maximum atomic E-state index is 13.0. The minimum atomic E-state index is -0.0355. The molecule has 1 fully saturated rings. The number of rotatable bonds is 9. The molecule has 1 aliphatic rings. The van der Waals surface area contributed by atoms with Crippen LogP contribution in [0.25, 0.3) is 23.0 Å². The molecule has 0 N–H and O–H groups in total. The van der Waals surface area contributed by atoms with Crippen molar-refractivity contribution < 1.29 is 9.53 Å². The van der Waals surface area contributed by atoms with E-state index < -0.39 is 0 Å². The molecule has 0 saturated carbocycles. The lowest BCUT2D eigenvalue weighted by Crippen LogP contribution is -2.28. The predicted molar refractivity (Wildman–Crippen MR) is 144 cm³/mol. The van der Waals surface area contributed by atoms with Gasteiger partial charge in [0, 0.05) is 23.9 Å². The molecule has 0 bridgehead atoms. The van der Waals surface area contributed by atoms with Crippen LogP contribution in [0, 0.1) is 6.92 Å². The Labute approximate surface area is 210 Å². The molecule has 1 aliphatic heterocycles. The fourth-order valence-electron chi connectivity index (χ4n) is 3.80. The Bertz CT molecular complexity index is 1220. The number of benzene rings is 2. The molecule has 3 aromatic rings. The van der Waals surface area contributed by atoms with E-state index in [-0.39, 0.29) is 5.91 Å². The van der Waals surface area contributed by atoms with Crippen LogP contribution in [-0.4, -0.2) is 38.1 Å². The van der Waals surface area contributed by atoms with Crippen LogP contribution >= 0.6 is 24.0 Å². The minimum absolute atomic E-state index is 0.0355. The topological polar surface area (TPSA) is 47.4 Å². The second kappa shape index (κ2) is 11.0. The van der Waals surface area contributed by atoms with Crippen molar-refractivity contribution in [2.24, 2.45) is 0 Å². The number of aromatic nitrogens is 2. The largest absolute Gasteiger partial charge is 0.494 e. The Kier molecular flexibility index (Phi) is 7.85. The molecular weight excluding hydrogens is 462 g/mol. The van der Waals surface area contributed by atoms with E-state index in [0.717, 1.165) is 53.1 Å². The van der Waals surface area contributed by atoms with Crippen molar-refractivity contribution in [1.29, 1.82) is 0 Å². The molecule has 1 amide bonds. The molecule has 0 unspecified atom stereocenters. The zero-order chi connectivity index (χ0) is 24.1. The van der Waals surface area contributed by atoms with Crippen LogP contribution in [0.15, 0.2) is 59.6 Å². The van der Waals surface area contributed by atoms with E-state index >= 15 is 0 Å². The van der Waals surface area contributed by atoms with Gasteiger partial charge in [0.25, 0.3) is 5.91 Å². The Morgan fingerprint density at radius 1 is 1.12 bits per heavy atom. The maximum absolute atomic E-state index is 13.0. The fraction of sp³-hybridized carbons (Fsp3) is 0.296. The summed E-state index contributed by atoms with van der Waals surface area (Å²) in [4.78, 5) is 15.3. The van der Waals surface area contributed by atoms with Crippen LogP contribution in [-0.2, 0) is 4.79 Å². The number of carbonyl (C=O) groups excluding carboxylic acids is 1. The number of ether oxygens (including phenoxy) is 1. The first-order chi connectivity index (χ1) is 16.5. The zero-order valence-corrected chi connectivity index (χ0v) is 21.4. The van der Waals surface area contributed by atoms with Crippen LogP contribution in [0.5, 0.6) is 5.75 Å². The fourth-order valence-corrected chi connectivity index (χ4v) is 5.10. The monoisotopic (exact) mass is 491 g/mol. The van der Waals surface area contributed by atoms with Gasteiger partial charge in [-0.05, 0) is 61.7 Å². The van der Waals surface area contributed by atoms with Gasteiger partial charge in [0.1, 0.15) is 15.8 Å². The molecule has 4 rings (SSSR count). The molecule has 34 heavy (non-hydrogen) atoms. The lowest BCUT2D eigenvalue weighted by molar-refractivity contribution is -0.122. The molecule has 2 heterocycles. The molecule has 0 aliphatic carbocycles. The summed E-state index contributed by atoms with van der Waals surface area (Å²) in [7, 11) is 0. The molecule has 1 aromatic heterocycles. The second-order valence-corrected chi connectivity index (χ2v) is 9.90. The van der Waals surface area contributed by atoms with E-state index in [4.69, 9.17) is 22.1 Å². The maximum Gasteiger partial charge on any atom is 0.266 e. The summed E-state index contributed by atoms with van der Waals surface area (Å²) in [6.45, 7) is 7.61. The summed E-state index contributed by atoms with van der Waals surface area (Å²) < 4.78 is 8.36. The minimum Gasteiger partial charge on any atom is -0.494 e. The highest BCUT2D eigenvalue weighted by atomic mass is 32.2. The first kappa shape index (κ1) is 24.2. The number of hydrogen-bond acceptors (Lipinski definition) is 5. The third kappa shape index (κ3) is 5.26. The summed E-state index contributed by atoms with van der Waals surface area (Å²) in [6.07, 6.45) is 6.89. The van der Waals surface area contributed by atoms with E-state index in [9.17, 15) is 4.79 Å². The number of amides is 1. The number of thioether (sulfide) groups is 1. The van der Waals surface area contributed by atoms with Gasteiger partial charge in [-0.2, -0.15) is 5.10 Å². The Balaban J connectivity index is 1.75. The average molecular weight is 492 g/mol. The molecule has 7 heteroatoms. The van der Waals surface area contributed by atoms with Gasteiger partial charge >= 0.3 is 0 Å². The number of nitrogens with zero attached hydrogens (tertiary/aromatic N) is 3. The molecule has 5 nitrogen and oxygen atoms in total. The Hall–Kier alpha value is -2.90. The summed E-state index contributed by atoms with van der Waals surface area (Å²) in [5.74, 6) is 0.825. The smallest absolute Gasteiger partial charge is 0.266 e. The van der Waals surface area contributed by atoms with E-state index in [2.05, 4.69) is 19.9 Å². The number of unbranched alkanes of at least 4 members (excludes halogenated alkanes) is 1. The van der Waals surface area contributed by atoms with Crippen molar-refractivity contribution in [2.45, 2.75) is 40.0 Å². The lowest BCUT2D eigenvalue weighted by atomic mass is 10.0. The molecule has 0 spiro atoms. The Morgan fingerprint density at radius 2 is 1.91 bits per heavy atom. The molecule has 1 saturated heterocycles. The second-order valence-electron chi connectivity index (χ2n) is 8.23. The van der Waals surface area contributed by atoms with Crippen molar-refractivity contribution in [3.8, 4) is 22.7 Å². The van der Waals surface area contributed by atoms with E-state index in [1.807, 2.05) is 66.3 Å². The van der Waals surface area contributed by atoms with Crippen LogP contribution < -0.4 is 4.74 Å². The third-order valence-electron chi connectivity index (χ3n) is 5.59. The van der Waals surface area contributed by atoms with Gasteiger partial charge in [0.05, 0.1) is 17.2 Å². The van der Waals surface area contributed by atoms with Crippen LogP contribution in [0.4, 0.5) is 0 Å². The number of aryl methyl sites for hydroxylation is 1. The van der Waals surface area contributed by atoms with Crippen molar-refractivity contribution in [2.75, 3.05) is 13.2 Å². The van der Waals surface area contributed by atoms with Gasteiger partial charge in [0.2, 0.25) is 0 Å². The summed E-state index contributed by atoms with van der Waals surface area (Å²) in [6, 6.07) is 16.1. The number of carbonyl (C=O) groups is 1. The van der Waals surface area contributed by atoms with Gasteiger partial charge in [-0.3, -0.25) is 9.69 Å². The van der Waals surface area contributed by atoms with Gasteiger partial charge in [-0.1, -0.05) is 62.4 Å². The first-order valence-corrected chi connectivity index (χ1v) is 12.9. The first-order valence-electron chi connectivity index (χ1n) is 11.7. The third-order valence-corrected chi connectivity index (χ3v) is 6.97. The molecule has 176 valence electrons. The summed E-state index contributed by atoms with van der Waals surface area (Å²) >= 11 is 6.81. The predicted octanol–water partition coefficient (Wildman–Crippen LogP) is 6.64. The standard InChI is InChI=1S/C27H29N3O2S2/c1-4-6-15-32-22-12-13-23(19(3)16-22)25-20(18-30(28-25)21-10-8-7-9-11-21)17-24-26(31)29(14-5-2)27(33)34-24/h7-13,16-18H,4-6,14-15H2,1-3H3. The van der Waals surface area contributed by atoms with E-state index in [1.54, 1.807) is 4.90 Å². The quantitative estimate of drug-likeness (QED) is 0.191. The van der Waals surface area contributed by atoms with Crippen molar-refractivity contribution in [1.82, 2.24) is 14.7 Å². The van der Waals surface area contributed by atoms with E-state index in [1.165, 1.54) is 11.8 Å². The highest BCUT2D eigenvalue weighted by Gasteiger charge is 2.31. The summed E-state index contributed by atoms with van der Waals surface area (Å²) in [5, 5.41) is 4.92. The number of thiocarbonyl (C=S) groups is 1. The van der Waals surface area contributed by atoms with Gasteiger partial charge in [-0.25, -0.2) is 4.68 Å². The van der Waals surface area contributed by atoms with Gasteiger partial charge < -0.3 is 4.74 Å². The Morgan fingerprint density at radius 3 is 2.62 bits per heavy atom. The SMILES string of the molecule is CCCCOc1ccc(-c2nn(-c3ccccc3)cc2C=C2SC(=S)N(CCC)C2=O)c(C)c1. The van der Waals surface area contributed by atoms with Crippen LogP contribution in [0.2, 0.25) is 0 Å². The van der Waals surface area contributed by atoms with Crippen molar-refractivity contribution in [3.63, 3.8) is 0 Å². The lowest BCUT2D eigenvalue weighted by Gasteiger charge is -2.12. The van der Waals surface area contributed by atoms with Crippen LogP contribution in [0.3, 0.4) is 0 Å². The number of para-hydroxylation sites is 1. The average Bonchev–Trinajstić information content (AvgIpc) is 3.36. The van der Waals surface area contributed by atoms with Gasteiger partial charge in [-0.15, -0.1) is 0 Å². The number of hydrogen-bond donors (Lipinski definition) is 0. The zero-order valence-electron chi connectivity index (χ0n) is 19.8. The van der Waals surface area contributed by atoms with Crippen LogP contribution in [0.1, 0.15) is 44.2 Å².